The van der Waals surface area contributed by atoms with E-state index in [0.717, 1.165) is 38.1 Å². The second-order valence-corrected chi connectivity index (χ2v) is 7.33. The standard InChI is InChI=1S/C15H16F2N4O2S/c16-12-5-11(6-13(17)7-12)10-24(22,23)20-14-8-18-15(19-9-14)21-3-1-2-4-21/h5-9,20H,1-4,10H2. The monoisotopic (exact) mass is 354 g/mol. The molecule has 1 aromatic carbocycles. The topological polar surface area (TPSA) is 75.2 Å². The molecule has 128 valence electrons. The third-order valence-electron chi connectivity index (χ3n) is 3.58. The molecule has 0 atom stereocenters. The summed E-state index contributed by atoms with van der Waals surface area (Å²) in [5.74, 6) is -1.63. The number of benzene rings is 1. The van der Waals surface area contributed by atoms with Gasteiger partial charge < -0.3 is 4.90 Å². The van der Waals surface area contributed by atoms with Gasteiger partial charge in [0.05, 0.1) is 23.8 Å². The molecule has 3 rings (SSSR count). The molecule has 1 N–H and O–H groups in total. The summed E-state index contributed by atoms with van der Waals surface area (Å²) < 4.78 is 52.8. The van der Waals surface area contributed by atoms with Gasteiger partial charge in [0.15, 0.2) is 0 Å². The zero-order valence-corrected chi connectivity index (χ0v) is 13.6. The first-order valence-corrected chi connectivity index (χ1v) is 9.09. The van der Waals surface area contributed by atoms with Gasteiger partial charge in [0.2, 0.25) is 16.0 Å². The van der Waals surface area contributed by atoms with Gasteiger partial charge >= 0.3 is 0 Å². The normalized spacial score (nSPS) is 14.8. The van der Waals surface area contributed by atoms with Crippen LogP contribution in [0.1, 0.15) is 18.4 Å². The maximum Gasteiger partial charge on any atom is 0.237 e. The van der Waals surface area contributed by atoms with Crippen LogP contribution in [0.2, 0.25) is 0 Å². The van der Waals surface area contributed by atoms with E-state index in [4.69, 9.17) is 0 Å². The molecule has 1 aliphatic rings. The van der Waals surface area contributed by atoms with Crippen molar-refractivity contribution in [2.24, 2.45) is 0 Å². The van der Waals surface area contributed by atoms with Crippen molar-refractivity contribution < 1.29 is 17.2 Å². The van der Waals surface area contributed by atoms with Gasteiger partial charge in [0.25, 0.3) is 0 Å². The molecule has 0 saturated carbocycles. The molecule has 0 amide bonds. The Hall–Kier alpha value is -2.29. The molecule has 0 bridgehead atoms. The molecule has 1 aliphatic heterocycles. The maximum atomic E-state index is 13.1. The summed E-state index contributed by atoms with van der Waals surface area (Å²) >= 11 is 0. The molecule has 0 spiro atoms. The van der Waals surface area contributed by atoms with E-state index in [0.29, 0.717) is 12.0 Å². The average molecular weight is 354 g/mol. The van der Waals surface area contributed by atoms with Crippen LogP contribution in [0.4, 0.5) is 20.4 Å². The van der Waals surface area contributed by atoms with Crippen LogP contribution >= 0.6 is 0 Å². The molecule has 2 heterocycles. The summed E-state index contributed by atoms with van der Waals surface area (Å²) in [6.45, 7) is 1.77. The van der Waals surface area contributed by atoms with Crippen molar-refractivity contribution in [1.82, 2.24) is 9.97 Å². The van der Waals surface area contributed by atoms with Crippen LogP contribution in [0, 0.1) is 11.6 Å². The lowest BCUT2D eigenvalue weighted by atomic mass is 10.2. The maximum absolute atomic E-state index is 13.1. The molecular formula is C15H16F2N4O2S. The molecular weight excluding hydrogens is 338 g/mol. The van der Waals surface area contributed by atoms with Gasteiger partial charge in [-0.25, -0.2) is 27.2 Å². The number of aromatic nitrogens is 2. The summed E-state index contributed by atoms with van der Waals surface area (Å²) in [5, 5.41) is 0. The quantitative estimate of drug-likeness (QED) is 0.892. The van der Waals surface area contributed by atoms with Gasteiger partial charge in [-0.3, -0.25) is 4.72 Å². The van der Waals surface area contributed by atoms with Crippen LogP contribution in [0.5, 0.6) is 0 Å². The number of hydrogen-bond donors (Lipinski definition) is 1. The average Bonchev–Trinajstić information content (AvgIpc) is 3.00. The summed E-state index contributed by atoms with van der Waals surface area (Å²) in [6, 6.07) is 2.65. The summed E-state index contributed by atoms with van der Waals surface area (Å²) in [6.07, 6.45) is 4.93. The summed E-state index contributed by atoms with van der Waals surface area (Å²) in [5.41, 5.74) is 0.226. The zero-order valence-electron chi connectivity index (χ0n) is 12.7. The molecule has 0 aliphatic carbocycles. The largest absolute Gasteiger partial charge is 0.341 e. The first kappa shape index (κ1) is 16.6. The summed E-state index contributed by atoms with van der Waals surface area (Å²) in [7, 11) is -3.83. The lowest BCUT2D eigenvalue weighted by Gasteiger charge is -2.15. The molecule has 0 radical (unpaired) electrons. The Morgan fingerprint density at radius 1 is 1.04 bits per heavy atom. The van der Waals surface area contributed by atoms with Crippen LogP contribution < -0.4 is 9.62 Å². The second kappa shape index (κ2) is 6.68. The number of sulfonamides is 1. The highest BCUT2D eigenvalue weighted by Gasteiger charge is 2.16. The van der Waals surface area contributed by atoms with E-state index in [-0.39, 0.29) is 11.3 Å². The van der Waals surface area contributed by atoms with Crippen molar-refractivity contribution in [2.45, 2.75) is 18.6 Å². The first-order valence-electron chi connectivity index (χ1n) is 7.44. The Morgan fingerprint density at radius 2 is 1.62 bits per heavy atom. The number of halogens is 2. The van der Waals surface area contributed by atoms with Gasteiger partial charge in [-0.1, -0.05) is 0 Å². The minimum absolute atomic E-state index is 0.0228. The predicted molar refractivity (Wildman–Crippen MR) is 86.1 cm³/mol. The molecule has 2 aromatic rings. The second-order valence-electron chi connectivity index (χ2n) is 5.60. The molecule has 9 heteroatoms. The minimum Gasteiger partial charge on any atom is -0.341 e. The Labute approximate surface area is 138 Å². The molecule has 1 fully saturated rings. The Bertz CT molecular complexity index is 802. The van der Waals surface area contributed by atoms with Crippen molar-refractivity contribution in [3.05, 3.63) is 47.8 Å². The Kier molecular flexibility index (Phi) is 4.61. The van der Waals surface area contributed by atoms with Crippen molar-refractivity contribution >= 4 is 21.7 Å². The van der Waals surface area contributed by atoms with Crippen molar-refractivity contribution in [3.63, 3.8) is 0 Å². The van der Waals surface area contributed by atoms with E-state index in [2.05, 4.69) is 14.7 Å². The summed E-state index contributed by atoms with van der Waals surface area (Å²) in [4.78, 5) is 10.3. The van der Waals surface area contributed by atoms with E-state index in [1.54, 1.807) is 0 Å². The number of hydrogen-bond acceptors (Lipinski definition) is 5. The van der Waals surface area contributed by atoms with Crippen molar-refractivity contribution in [1.29, 1.82) is 0 Å². The third kappa shape index (κ3) is 4.16. The van der Waals surface area contributed by atoms with Gasteiger partial charge in [0.1, 0.15) is 11.6 Å². The van der Waals surface area contributed by atoms with E-state index in [1.807, 2.05) is 4.90 Å². The fraction of sp³-hybridized carbons (Fsp3) is 0.333. The fourth-order valence-corrected chi connectivity index (χ4v) is 3.73. The first-order chi connectivity index (χ1) is 11.4. The highest BCUT2D eigenvalue weighted by atomic mass is 32.2. The number of nitrogens with one attached hydrogen (secondary N) is 1. The molecule has 1 saturated heterocycles. The number of rotatable bonds is 5. The molecule has 24 heavy (non-hydrogen) atoms. The SMILES string of the molecule is O=S(=O)(Cc1cc(F)cc(F)c1)Nc1cnc(N2CCCC2)nc1. The van der Waals surface area contributed by atoms with Crippen LogP contribution in [0.25, 0.3) is 0 Å². The third-order valence-corrected chi connectivity index (χ3v) is 4.84. The van der Waals surface area contributed by atoms with E-state index in [1.165, 1.54) is 12.4 Å². The highest BCUT2D eigenvalue weighted by molar-refractivity contribution is 7.91. The van der Waals surface area contributed by atoms with E-state index < -0.39 is 27.4 Å². The van der Waals surface area contributed by atoms with Gasteiger partial charge in [-0.15, -0.1) is 0 Å². The zero-order chi connectivity index (χ0) is 17.2. The van der Waals surface area contributed by atoms with Gasteiger partial charge in [-0.05, 0) is 30.5 Å². The number of nitrogens with zero attached hydrogens (tertiary/aromatic N) is 3. The Balaban J connectivity index is 1.69. The van der Waals surface area contributed by atoms with Crippen LogP contribution in [0.3, 0.4) is 0 Å². The van der Waals surface area contributed by atoms with Gasteiger partial charge in [0, 0.05) is 19.2 Å². The molecule has 0 unspecified atom stereocenters. The highest BCUT2D eigenvalue weighted by Crippen LogP contribution is 2.18. The molecule has 1 aromatic heterocycles. The lowest BCUT2D eigenvalue weighted by molar-refractivity contribution is 0.579. The van der Waals surface area contributed by atoms with Crippen LogP contribution in [-0.2, 0) is 15.8 Å². The minimum atomic E-state index is -3.83. The smallest absolute Gasteiger partial charge is 0.237 e. The van der Waals surface area contributed by atoms with Gasteiger partial charge in [-0.2, -0.15) is 0 Å². The lowest BCUT2D eigenvalue weighted by Crippen LogP contribution is -2.21. The van der Waals surface area contributed by atoms with Crippen molar-refractivity contribution in [2.75, 3.05) is 22.7 Å². The number of anilines is 2. The van der Waals surface area contributed by atoms with E-state index >= 15 is 0 Å². The van der Waals surface area contributed by atoms with Crippen LogP contribution in [-0.4, -0.2) is 31.5 Å². The van der Waals surface area contributed by atoms with E-state index in [9.17, 15) is 17.2 Å². The fourth-order valence-electron chi connectivity index (χ4n) is 2.58. The van der Waals surface area contributed by atoms with Crippen LogP contribution in [0.15, 0.2) is 30.6 Å². The van der Waals surface area contributed by atoms with Crippen molar-refractivity contribution in [3.8, 4) is 0 Å². The molecule has 6 nitrogen and oxygen atoms in total. The predicted octanol–water partition coefficient (Wildman–Crippen LogP) is 2.30. The Morgan fingerprint density at radius 3 is 2.21 bits per heavy atom.